The second-order valence-corrected chi connectivity index (χ2v) is 11.8. The Balaban J connectivity index is 1.75. The fourth-order valence-corrected chi connectivity index (χ4v) is 7.36. The average molecular weight is 448 g/mol. The third kappa shape index (κ3) is 3.12. The molecule has 0 bridgehead atoms. The first-order chi connectivity index (χ1) is 13.4. The van der Waals surface area contributed by atoms with Crippen LogP contribution in [0.15, 0.2) is 53.6 Å². The fraction of sp³-hybridized carbons (Fsp3) is 0.240. The summed E-state index contributed by atoms with van der Waals surface area (Å²) in [5, 5.41) is 5.40. The molecule has 3 heteroatoms. The number of rotatable bonds is 2. The van der Waals surface area contributed by atoms with Gasteiger partial charge >= 0.3 is 176 Å². The Hall–Kier alpha value is -1.93. The minimum atomic E-state index is 0.304. The van der Waals surface area contributed by atoms with Crippen LogP contribution in [-0.2, 0) is 6.42 Å². The molecule has 0 saturated carbocycles. The molecule has 0 aliphatic carbocycles. The predicted molar refractivity (Wildman–Crippen MR) is 125 cm³/mol. The van der Waals surface area contributed by atoms with Gasteiger partial charge in [-0.15, -0.1) is 0 Å². The number of fused-ring (bicyclic) bond motifs is 5. The van der Waals surface area contributed by atoms with E-state index in [1.54, 1.807) is 0 Å². The number of thiophene rings is 1. The molecule has 3 heterocycles. The molecular formula is C25H23NSSe. The summed E-state index contributed by atoms with van der Waals surface area (Å²) >= 11 is 2.30. The molecular weight excluding hydrogens is 425 g/mol. The molecule has 0 spiro atoms. The quantitative estimate of drug-likeness (QED) is 0.260. The molecule has 1 nitrogen and oxygen atoms in total. The van der Waals surface area contributed by atoms with Crippen LogP contribution in [-0.4, -0.2) is 19.5 Å². The van der Waals surface area contributed by atoms with Crippen LogP contribution >= 0.6 is 11.3 Å². The van der Waals surface area contributed by atoms with Crippen LogP contribution < -0.4 is 0 Å². The summed E-state index contributed by atoms with van der Waals surface area (Å²) < 4.78 is 4.12. The Labute approximate surface area is 175 Å². The fourth-order valence-electron chi connectivity index (χ4n) is 3.99. The van der Waals surface area contributed by atoms with E-state index in [0.717, 1.165) is 6.42 Å². The van der Waals surface area contributed by atoms with E-state index >= 15 is 0 Å². The molecule has 5 rings (SSSR count). The first-order valence-corrected chi connectivity index (χ1v) is 12.3. The normalized spacial score (nSPS) is 12.4. The molecule has 0 N–H and O–H groups in total. The predicted octanol–water partition coefficient (Wildman–Crippen LogP) is 7.22. The van der Waals surface area contributed by atoms with Crippen LogP contribution in [0.5, 0.6) is 0 Å². The molecule has 140 valence electrons. The molecule has 2 aromatic carbocycles. The Bertz CT molecular complexity index is 1330. The van der Waals surface area contributed by atoms with Gasteiger partial charge in [-0.25, -0.2) is 0 Å². The Kier molecular flexibility index (Phi) is 4.24. The second-order valence-electron chi connectivity index (χ2n) is 8.86. The van der Waals surface area contributed by atoms with Gasteiger partial charge in [0.2, 0.25) is 0 Å². The van der Waals surface area contributed by atoms with E-state index in [1.165, 1.54) is 52.2 Å². The van der Waals surface area contributed by atoms with Crippen LogP contribution in [0.2, 0.25) is 0 Å². The first kappa shape index (κ1) is 18.1. The number of pyridine rings is 1. The monoisotopic (exact) mass is 449 g/mol. The van der Waals surface area contributed by atoms with Crippen molar-refractivity contribution in [2.45, 2.75) is 34.1 Å². The van der Waals surface area contributed by atoms with Crippen LogP contribution in [0.1, 0.15) is 31.9 Å². The van der Waals surface area contributed by atoms with Gasteiger partial charge in [0.1, 0.15) is 0 Å². The number of nitrogens with zero attached hydrogens (tertiary/aromatic N) is 1. The van der Waals surface area contributed by atoms with Gasteiger partial charge in [-0.2, -0.15) is 0 Å². The molecule has 0 aliphatic heterocycles. The summed E-state index contributed by atoms with van der Waals surface area (Å²) in [4.78, 5) is 7.13. The number of benzene rings is 2. The maximum atomic E-state index is 4.78. The van der Waals surface area contributed by atoms with Gasteiger partial charge in [-0.1, -0.05) is 0 Å². The van der Waals surface area contributed by atoms with Crippen molar-refractivity contribution in [2.24, 2.45) is 5.41 Å². The summed E-state index contributed by atoms with van der Waals surface area (Å²) in [5.74, 6) is 0. The standard InChI is InChI=1S/C25H23NSSe/c1-15-11-21(28-14-15)22-24-20(9-10-26-22)19-8-6-17-12-16(13-25(2,3)4)5-7-18(17)23(19)27-24/h5-12,14H,13H2,1-4H3. The third-order valence-corrected chi connectivity index (χ3v) is 8.61. The van der Waals surface area contributed by atoms with E-state index in [1.807, 2.05) is 17.5 Å². The van der Waals surface area contributed by atoms with Crippen molar-refractivity contribution >= 4 is 56.8 Å². The molecule has 28 heavy (non-hydrogen) atoms. The van der Waals surface area contributed by atoms with Crippen LogP contribution in [0.4, 0.5) is 0 Å². The summed E-state index contributed by atoms with van der Waals surface area (Å²) in [6.45, 7) is 9.09. The molecule has 0 radical (unpaired) electrons. The Morgan fingerprint density at radius 2 is 1.71 bits per heavy atom. The van der Waals surface area contributed by atoms with Crippen molar-refractivity contribution in [3.63, 3.8) is 0 Å². The van der Waals surface area contributed by atoms with Gasteiger partial charge in [0.05, 0.1) is 0 Å². The second kappa shape index (κ2) is 6.56. The van der Waals surface area contributed by atoms with Crippen molar-refractivity contribution in [2.75, 3.05) is 0 Å². The average Bonchev–Trinajstić information content (AvgIpc) is 3.23. The molecule has 0 unspecified atom stereocenters. The van der Waals surface area contributed by atoms with Gasteiger partial charge in [0, 0.05) is 0 Å². The zero-order valence-corrected chi connectivity index (χ0v) is 19.2. The molecule has 3 aromatic heterocycles. The van der Waals surface area contributed by atoms with Gasteiger partial charge in [0.25, 0.3) is 0 Å². The number of aromatic nitrogens is 1. The molecule has 0 atom stereocenters. The van der Waals surface area contributed by atoms with Crippen LogP contribution in [0, 0.1) is 12.3 Å². The molecule has 5 aromatic rings. The van der Waals surface area contributed by atoms with Gasteiger partial charge in [-0.05, 0) is 0 Å². The van der Waals surface area contributed by atoms with Crippen LogP contribution in [0.3, 0.4) is 0 Å². The third-order valence-electron chi connectivity index (χ3n) is 5.13. The molecule has 0 saturated heterocycles. The topological polar surface area (TPSA) is 12.9 Å². The number of hydrogen-bond donors (Lipinski definition) is 0. The molecule has 0 fully saturated rings. The first-order valence-electron chi connectivity index (χ1n) is 9.67. The van der Waals surface area contributed by atoms with Crippen molar-refractivity contribution in [1.29, 1.82) is 0 Å². The zero-order valence-electron chi connectivity index (χ0n) is 16.7. The van der Waals surface area contributed by atoms with E-state index in [4.69, 9.17) is 4.98 Å². The van der Waals surface area contributed by atoms with E-state index in [9.17, 15) is 0 Å². The molecule has 0 aliphatic rings. The van der Waals surface area contributed by atoms with Gasteiger partial charge in [-0.3, -0.25) is 0 Å². The van der Waals surface area contributed by atoms with Crippen molar-refractivity contribution in [3.8, 4) is 10.1 Å². The van der Waals surface area contributed by atoms with Gasteiger partial charge in [0.15, 0.2) is 0 Å². The van der Waals surface area contributed by atoms with Crippen molar-refractivity contribution in [1.82, 2.24) is 4.98 Å². The zero-order chi connectivity index (χ0) is 19.5. The van der Waals surface area contributed by atoms with Crippen molar-refractivity contribution in [3.05, 3.63) is 64.7 Å². The SMILES string of the molecule is Cc1c[se]c(-c2nccc3c2sc2c4ccc(CC(C)(C)C)cc4ccc32)c1. The molecule has 0 amide bonds. The summed E-state index contributed by atoms with van der Waals surface area (Å²) in [6, 6.07) is 16.1. The van der Waals surface area contributed by atoms with E-state index in [0.29, 0.717) is 19.9 Å². The Morgan fingerprint density at radius 1 is 0.929 bits per heavy atom. The van der Waals surface area contributed by atoms with E-state index < -0.39 is 0 Å². The van der Waals surface area contributed by atoms with Crippen molar-refractivity contribution < 1.29 is 0 Å². The summed E-state index contributed by atoms with van der Waals surface area (Å²) in [6.07, 6.45) is 3.08. The van der Waals surface area contributed by atoms with Gasteiger partial charge < -0.3 is 0 Å². The van der Waals surface area contributed by atoms with Crippen LogP contribution in [0.25, 0.3) is 41.1 Å². The minimum absolute atomic E-state index is 0.304. The van der Waals surface area contributed by atoms with E-state index in [2.05, 4.69) is 75.1 Å². The summed E-state index contributed by atoms with van der Waals surface area (Å²) in [5.41, 5.74) is 4.28. The Morgan fingerprint density at radius 3 is 2.46 bits per heavy atom. The number of hydrogen-bond acceptors (Lipinski definition) is 2. The number of aryl methyl sites for hydroxylation is 1. The van der Waals surface area contributed by atoms with E-state index in [-0.39, 0.29) is 0 Å². The summed E-state index contributed by atoms with van der Waals surface area (Å²) in [7, 11) is 0. The maximum absolute atomic E-state index is 4.78.